The minimum absolute atomic E-state index is 0.113. The molecule has 0 amide bonds. The summed E-state index contributed by atoms with van der Waals surface area (Å²) < 4.78 is 30.7. The number of nitrogens with zero attached hydrogens (tertiary/aromatic N) is 2. The van der Waals surface area contributed by atoms with E-state index in [1.165, 1.54) is 6.07 Å². The lowest BCUT2D eigenvalue weighted by atomic mass is 10.2. The summed E-state index contributed by atoms with van der Waals surface area (Å²) in [6, 6.07) is 3.19. The van der Waals surface area contributed by atoms with E-state index in [2.05, 4.69) is 26.1 Å². The zero-order chi connectivity index (χ0) is 10.8. The molecular weight excluding hydrogens is 270 g/mol. The molecule has 0 N–H and O–H groups in total. The van der Waals surface area contributed by atoms with Gasteiger partial charge in [0.05, 0.1) is 10.9 Å². The molecule has 0 aliphatic carbocycles. The van der Waals surface area contributed by atoms with Crippen molar-refractivity contribution in [1.29, 1.82) is 0 Å². The molecule has 0 bridgehead atoms. The van der Waals surface area contributed by atoms with Crippen LogP contribution >= 0.6 is 15.9 Å². The van der Waals surface area contributed by atoms with E-state index in [9.17, 15) is 8.78 Å². The molecule has 0 aliphatic heterocycles. The average Bonchev–Trinajstić information content (AvgIpc) is 2.66. The standard InChI is InChI=1S/C9H5BrF2N2O/c10-4-8-13-9(14-15-8)6-2-1-5(11)3-7(6)12/h1-3H,4H2. The number of alkyl halides is 1. The van der Waals surface area contributed by atoms with Gasteiger partial charge in [0.25, 0.3) is 0 Å². The molecule has 1 aromatic heterocycles. The number of hydrogen-bond acceptors (Lipinski definition) is 3. The first-order valence-electron chi connectivity index (χ1n) is 4.04. The van der Waals surface area contributed by atoms with E-state index >= 15 is 0 Å². The Hall–Kier alpha value is -1.30. The molecule has 0 saturated heterocycles. The highest BCUT2D eigenvalue weighted by Gasteiger charge is 2.12. The van der Waals surface area contributed by atoms with E-state index in [0.29, 0.717) is 11.2 Å². The van der Waals surface area contributed by atoms with Gasteiger partial charge in [0, 0.05) is 6.07 Å². The van der Waals surface area contributed by atoms with Crippen molar-refractivity contribution >= 4 is 15.9 Å². The van der Waals surface area contributed by atoms with E-state index < -0.39 is 11.6 Å². The molecule has 2 aromatic rings. The Bertz CT molecular complexity index is 487. The van der Waals surface area contributed by atoms with Crippen molar-refractivity contribution in [3.8, 4) is 11.4 Å². The van der Waals surface area contributed by atoms with Crippen molar-refractivity contribution in [1.82, 2.24) is 10.1 Å². The molecule has 0 atom stereocenters. The van der Waals surface area contributed by atoms with Gasteiger partial charge in [-0.15, -0.1) is 0 Å². The molecule has 1 heterocycles. The predicted molar refractivity (Wildman–Crippen MR) is 52.3 cm³/mol. The van der Waals surface area contributed by atoms with E-state index in [-0.39, 0.29) is 11.4 Å². The summed E-state index contributed by atoms with van der Waals surface area (Å²) in [5.41, 5.74) is 0.118. The molecule has 2 rings (SSSR count). The van der Waals surface area contributed by atoms with E-state index in [1.54, 1.807) is 0 Å². The minimum atomic E-state index is -0.711. The fraction of sp³-hybridized carbons (Fsp3) is 0.111. The number of aromatic nitrogens is 2. The molecule has 0 aliphatic rings. The van der Waals surface area contributed by atoms with Gasteiger partial charge in [-0.3, -0.25) is 0 Å². The molecule has 78 valence electrons. The Morgan fingerprint density at radius 1 is 1.33 bits per heavy atom. The summed E-state index contributed by atoms with van der Waals surface area (Å²) in [6.07, 6.45) is 0. The summed E-state index contributed by atoms with van der Waals surface area (Å²) in [5.74, 6) is -0.895. The van der Waals surface area contributed by atoms with Gasteiger partial charge in [-0.05, 0) is 12.1 Å². The van der Waals surface area contributed by atoms with Crippen LogP contribution in [0, 0.1) is 11.6 Å². The Morgan fingerprint density at radius 2 is 2.13 bits per heavy atom. The van der Waals surface area contributed by atoms with E-state index in [1.807, 2.05) is 0 Å². The second kappa shape index (κ2) is 4.06. The largest absolute Gasteiger partial charge is 0.338 e. The summed E-state index contributed by atoms with van der Waals surface area (Å²) in [5, 5.41) is 3.96. The van der Waals surface area contributed by atoms with Crippen LogP contribution in [-0.4, -0.2) is 10.1 Å². The van der Waals surface area contributed by atoms with Crippen molar-refractivity contribution in [2.75, 3.05) is 0 Å². The van der Waals surface area contributed by atoms with Crippen LogP contribution in [0.15, 0.2) is 22.7 Å². The first-order valence-corrected chi connectivity index (χ1v) is 5.17. The molecule has 0 unspecified atom stereocenters. The average molecular weight is 275 g/mol. The fourth-order valence-electron chi connectivity index (χ4n) is 1.09. The second-order valence-corrected chi connectivity index (χ2v) is 3.33. The van der Waals surface area contributed by atoms with Crippen molar-refractivity contribution in [3.63, 3.8) is 0 Å². The second-order valence-electron chi connectivity index (χ2n) is 2.77. The monoisotopic (exact) mass is 274 g/mol. The van der Waals surface area contributed by atoms with Crippen molar-refractivity contribution < 1.29 is 13.3 Å². The van der Waals surface area contributed by atoms with Gasteiger partial charge in [0.2, 0.25) is 11.7 Å². The smallest absolute Gasteiger partial charge is 0.237 e. The number of hydrogen-bond donors (Lipinski definition) is 0. The quantitative estimate of drug-likeness (QED) is 0.791. The lowest BCUT2D eigenvalue weighted by molar-refractivity contribution is 0.392. The Kier molecular flexibility index (Phi) is 2.77. The lowest BCUT2D eigenvalue weighted by Gasteiger charge is -1.96. The first kappa shape index (κ1) is 10.2. The SMILES string of the molecule is Fc1ccc(-c2noc(CBr)n2)c(F)c1. The van der Waals surface area contributed by atoms with Crippen LogP contribution in [0.4, 0.5) is 8.78 Å². The highest BCUT2D eigenvalue weighted by molar-refractivity contribution is 9.08. The van der Waals surface area contributed by atoms with Crippen molar-refractivity contribution in [2.24, 2.45) is 0 Å². The third kappa shape index (κ3) is 2.04. The molecule has 0 radical (unpaired) electrons. The summed E-state index contributed by atoms with van der Waals surface area (Å²) in [6.45, 7) is 0. The minimum Gasteiger partial charge on any atom is -0.338 e. The van der Waals surface area contributed by atoms with Gasteiger partial charge in [-0.1, -0.05) is 21.1 Å². The highest BCUT2D eigenvalue weighted by Crippen LogP contribution is 2.20. The van der Waals surface area contributed by atoms with Gasteiger partial charge < -0.3 is 4.52 Å². The van der Waals surface area contributed by atoms with E-state index in [4.69, 9.17) is 4.52 Å². The van der Waals surface area contributed by atoms with E-state index in [0.717, 1.165) is 12.1 Å². The Balaban J connectivity index is 2.44. The maximum atomic E-state index is 13.3. The first-order chi connectivity index (χ1) is 7.20. The highest BCUT2D eigenvalue weighted by atomic mass is 79.9. The van der Waals surface area contributed by atoms with Crippen LogP contribution in [0.25, 0.3) is 11.4 Å². The molecule has 3 nitrogen and oxygen atoms in total. The lowest BCUT2D eigenvalue weighted by Crippen LogP contribution is -1.88. The number of benzene rings is 1. The van der Waals surface area contributed by atoms with Crippen LogP contribution in [0.1, 0.15) is 5.89 Å². The molecule has 0 fully saturated rings. The van der Waals surface area contributed by atoms with Gasteiger partial charge >= 0.3 is 0 Å². The zero-order valence-corrected chi connectivity index (χ0v) is 8.96. The van der Waals surface area contributed by atoms with Gasteiger partial charge in [0.15, 0.2) is 0 Å². The Labute approximate surface area is 92.2 Å². The Morgan fingerprint density at radius 3 is 2.73 bits per heavy atom. The summed E-state index contributed by atoms with van der Waals surface area (Å²) in [7, 11) is 0. The van der Waals surface area contributed by atoms with Gasteiger partial charge in [-0.2, -0.15) is 4.98 Å². The molecule has 6 heteroatoms. The molecular formula is C9H5BrF2N2O. The van der Waals surface area contributed by atoms with Crippen LogP contribution < -0.4 is 0 Å². The fourth-order valence-corrected chi connectivity index (χ4v) is 1.32. The van der Waals surface area contributed by atoms with Crippen LogP contribution in [0.2, 0.25) is 0 Å². The predicted octanol–water partition coefficient (Wildman–Crippen LogP) is 2.91. The molecule has 15 heavy (non-hydrogen) atoms. The van der Waals surface area contributed by atoms with Crippen LogP contribution in [0.5, 0.6) is 0 Å². The number of rotatable bonds is 2. The maximum absolute atomic E-state index is 13.3. The van der Waals surface area contributed by atoms with Crippen molar-refractivity contribution in [2.45, 2.75) is 5.33 Å². The maximum Gasteiger partial charge on any atom is 0.237 e. The molecule has 0 saturated carbocycles. The molecule has 1 aromatic carbocycles. The normalized spacial score (nSPS) is 10.6. The van der Waals surface area contributed by atoms with Crippen LogP contribution in [-0.2, 0) is 5.33 Å². The van der Waals surface area contributed by atoms with Gasteiger partial charge in [-0.25, -0.2) is 8.78 Å². The molecule has 0 spiro atoms. The van der Waals surface area contributed by atoms with Crippen LogP contribution in [0.3, 0.4) is 0 Å². The zero-order valence-electron chi connectivity index (χ0n) is 7.38. The number of halogens is 3. The summed E-state index contributed by atoms with van der Waals surface area (Å²) in [4.78, 5) is 3.90. The van der Waals surface area contributed by atoms with Gasteiger partial charge in [0.1, 0.15) is 11.6 Å². The topological polar surface area (TPSA) is 38.9 Å². The third-order valence-corrected chi connectivity index (χ3v) is 2.23. The summed E-state index contributed by atoms with van der Waals surface area (Å²) >= 11 is 3.12. The van der Waals surface area contributed by atoms with Crippen molar-refractivity contribution in [3.05, 3.63) is 35.7 Å². The third-order valence-electron chi connectivity index (χ3n) is 1.75.